The lowest BCUT2D eigenvalue weighted by molar-refractivity contribution is -0.118. The molecule has 3 fully saturated rings. The minimum atomic E-state index is -0.186. The lowest BCUT2D eigenvalue weighted by atomic mass is 9.73. The summed E-state index contributed by atoms with van der Waals surface area (Å²) in [4.78, 5) is 25.3. The first kappa shape index (κ1) is 34.4. The van der Waals surface area contributed by atoms with Gasteiger partial charge in [-0.25, -0.2) is 0 Å². The number of carbonyl (C=O) groups is 2. The molecule has 0 aliphatic heterocycles. The van der Waals surface area contributed by atoms with Crippen molar-refractivity contribution >= 4 is 33.7 Å². The molecule has 232 valence electrons. The molecule has 3 rings (SSSR count). The highest BCUT2D eigenvalue weighted by atomic mass is 35.5. The minimum Gasteiger partial charge on any atom is -0.281 e. The maximum absolute atomic E-state index is 12.7. The van der Waals surface area contributed by atoms with Crippen molar-refractivity contribution in [2.45, 2.75) is 180 Å². The lowest BCUT2D eigenvalue weighted by Gasteiger charge is -2.32. The summed E-state index contributed by atoms with van der Waals surface area (Å²) in [6.07, 6.45) is 35.7. The SMILES string of the molecule is O=C(Cl)C1CCC(C(=O)Cl)CC(C2CCCCCCCCC2)CCCCC(CC2CCCCCCCCCC2)C1. The van der Waals surface area contributed by atoms with Gasteiger partial charge in [-0.05, 0) is 79.0 Å². The molecule has 3 aliphatic rings. The zero-order valence-corrected chi connectivity index (χ0v) is 27.3. The van der Waals surface area contributed by atoms with Crippen molar-refractivity contribution in [1.29, 1.82) is 0 Å². The van der Waals surface area contributed by atoms with Gasteiger partial charge in [0.05, 0.1) is 0 Å². The number of halogens is 2. The molecule has 4 unspecified atom stereocenters. The number of carbonyl (C=O) groups excluding carboxylic acids is 2. The Balaban J connectivity index is 1.69. The van der Waals surface area contributed by atoms with E-state index in [-0.39, 0.29) is 22.3 Å². The monoisotopic (exact) mass is 596 g/mol. The minimum absolute atomic E-state index is 0.124. The summed E-state index contributed by atoms with van der Waals surface area (Å²) in [5.41, 5.74) is 0. The predicted molar refractivity (Wildman–Crippen MR) is 172 cm³/mol. The first-order valence-corrected chi connectivity index (χ1v) is 18.7. The van der Waals surface area contributed by atoms with Gasteiger partial charge in [0.2, 0.25) is 10.5 Å². The first-order chi connectivity index (χ1) is 19.5. The van der Waals surface area contributed by atoms with Crippen molar-refractivity contribution in [1.82, 2.24) is 0 Å². The normalized spacial score (nSPS) is 31.1. The van der Waals surface area contributed by atoms with Gasteiger partial charge in [-0.1, -0.05) is 148 Å². The van der Waals surface area contributed by atoms with E-state index in [0.29, 0.717) is 11.8 Å². The third-order valence-electron chi connectivity index (χ3n) is 11.1. The second-order valence-corrected chi connectivity index (χ2v) is 15.0. The van der Waals surface area contributed by atoms with Crippen LogP contribution >= 0.6 is 23.2 Å². The van der Waals surface area contributed by atoms with Crippen molar-refractivity contribution in [3.8, 4) is 0 Å². The molecule has 0 aromatic carbocycles. The van der Waals surface area contributed by atoms with Gasteiger partial charge < -0.3 is 0 Å². The van der Waals surface area contributed by atoms with Gasteiger partial charge in [0.1, 0.15) is 0 Å². The van der Waals surface area contributed by atoms with Gasteiger partial charge in [0.25, 0.3) is 0 Å². The fourth-order valence-electron chi connectivity index (χ4n) is 8.63. The van der Waals surface area contributed by atoms with Crippen molar-refractivity contribution in [3.05, 3.63) is 0 Å². The summed E-state index contributed by atoms with van der Waals surface area (Å²) in [7, 11) is 0. The molecule has 0 bridgehead atoms. The van der Waals surface area contributed by atoms with Gasteiger partial charge in [-0.2, -0.15) is 0 Å². The van der Waals surface area contributed by atoms with Crippen LogP contribution in [0.3, 0.4) is 0 Å². The Kier molecular flexibility index (Phi) is 17.9. The fraction of sp³-hybridized carbons (Fsp3) is 0.944. The highest BCUT2D eigenvalue weighted by molar-refractivity contribution is 6.64. The van der Waals surface area contributed by atoms with Crippen molar-refractivity contribution in [3.63, 3.8) is 0 Å². The lowest BCUT2D eigenvalue weighted by Crippen LogP contribution is -2.25. The molecular formula is C36H62Cl2O2. The van der Waals surface area contributed by atoms with Crippen LogP contribution in [0.5, 0.6) is 0 Å². The van der Waals surface area contributed by atoms with Crippen LogP contribution < -0.4 is 0 Å². The summed E-state index contributed by atoms with van der Waals surface area (Å²) in [5.74, 6) is 2.46. The zero-order chi connectivity index (χ0) is 28.4. The van der Waals surface area contributed by atoms with Crippen LogP contribution in [0.25, 0.3) is 0 Å². The van der Waals surface area contributed by atoms with Crippen LogP contribution in [0.15, 0.2) is 0 Å². The highest BCUT2D eigenvalue weighted by Crippen LogP contribution is 2.39. The molecule has 0 heterocycles. The quantitative estimate of drug-likeness (QED) is 0.295. The van der Waals surface area contributed by atoms with E-state index in [0.717, 1.165) is 37.5 Å². The molecule has 40 heavy (non-hydrogen) atoms. The molecule has 0 N–H and O–H groups in total. The Labute approximate surface area is 257 Å². The number of rotatable bonds is 5. The van der Waals surface area contributed by atoms with E-state index in [1.165, 1.54) is 154 Å². The molecule has 0 amide bonds. The predicted octanol–water partition coefficient (Wildman–Crippen LogP) is 12.2. The standard InChI is InChI=1S/C36H62Cl2O2/c37-35(39)33-24-25-34(36(38)40)28-32(31-21-14-10-6-3-7-11-15-22-31)23-17-16-20-30(27-33)26-29-18-12-8-4-1-2-5-9-13-19-29/h29-34H,1-28H2. The second kappa shape index (κ2) is 20.8. The molecule has 3 aliphatic carbocycles. The van der Waals surface area contributed by atoms with Crippen LogP contribution in [-0.2, 0) is 9.59 Å². The maximum Gasteiger partial charge on any atom is 0.224 e. The maximum atomic E-state index is 12.7. The molecule has 0 aromatic rings. The summed E-state index contributed by atoms with van der Waals surface area (Å²) in [5, 5.41) is -0.370. The molecule has 0 aromatic heterocycles. The summed E-state index contributed by atoms with van der Waals surface area (Å²) in [6, 6.07) is 0. The average Bonchev–Trinajstić information content (AvgIpc) is 2.99. The summed E-state index contributed by atoms with van der Waals surface area (Å²) < 4.78 is 0. The van der Waals surface area contributed by atoms with E-state index < -0.39 is 0 Å². The van der Waals surface area contributed by atoms with E-state index in [9.17, 15) is 9.59 Å². The highest BCUT2D eigenvalue weighted by Gasteiger charge is 2.31. The van der Waals surface area contributed by atoms with E-state index in [1.54, 1.807) is 0 Å². The van der Waals surface area contributed by atoms with Crippen LogP contribution in [0.4, 0.5) is 0 Å². The third kappa shape index (κ3) is 13.9. The van der Waals surface area contributed by atoms with Crippen LogP contribution in [-0.4, -0.2) is 10.5 Å². The van der Waals surface area contributed by atoms with Crippen molar-refractivity contribution in [2.24, 2.45) is 35.5 Å². The molecular weight excluding hydrogens is 535 g/mol. The summed E-state index contributed by atoms with van der Waals surface area (Å²) in [6.45, 7) is 0. The van der Waals surface area contributed by atoms with Gasteiger partial charge >= 0.3 is 0 Å². The largest absolute Gasteiger partial charge is 0.281 e. The Morgan fingerprint density at radius 1 is 0.400 bits per heavy atom. The fourth-order valence-corrected chi connectivity index (χ4v) is 9.02. The van der Waals surface area contributed by atoms with E-state index in [4.69, 9.17) is 23.2 Å². The van der Waals surface area contributed by atoms with Gasteiger partial charge in [0, 0.05) is 11.8 Å². The average molecular weight is 598 g/mol. The topological polar surface area (TPSA) is 34.1 Å². The van der Waals surface area contributed by atoms with Crippen LogP contribution in [0.1, 0.15) is 180 Å². The molecule has 0 radical (unpaired) electrons. The van der Waals surface area contributed by atoms with Crippen LogP contribution in [0.2, 0.25) is 0 Å². The van der Waals surface area contributed by atoms with Gasteiger partial charge in [0.15, 0.2) is 0 Å². The molecule has 0 saturated heterocycles. The molecule has 4 atom stereocenters. The Morgan fingerprint density at radius 2 is 0.750 bits per heavy atom. The Hall–Kier alpha value is -0.0800. The molecule has 0 spiro atoms. The van der Waals surface area contributed by atoms with E-state index in [2.05, 4.69) is 0 Å². The first-order valence-electron chi connectivity index (χ1n) is 17.9. The smallest absolute Gasteiger partial charge is 0.224 e. The molecule has 4 heteroatoms. The van der Waals surface area contributed by atoms with E-state index in [1.807, 2.05) is 0 Å². The van der Waals surface area contributed by atoms with Gasteiger partial charge in [-0.15, -0.1) is 0 Å². The summed E-state index contributed by atoms with van der Waals surface area (Å²) >= 11 is 12.5. The zero-order valence-electron chi connectivity index (χ0n) is 25.8. The second-order valence-electron chi connectivity index (χ2n) is 14.3. The van der Waals surface area contributed by atoms with E-state index >= 15 is 0 Å². The van der Waals surface area contributed by atoms with Crippen LogP contribution in [0, 0.1) is 35.5 Å². The Morgan fingerprint density at radius 3 is 1.25 bits per heavy atom. The molecule has 3 saturated carbocycles. The molecule has 2 nitrogen and oxygen atoms in total. The number of hydrogen-bond acceptors (Lipinski definition) is 2. The van der Waals surface area contributed by atoms with Gasteiger partial charge in [-0.3, -0.25) is 9.59 Å². The Bertz CT molecular complexity index is 672. The number of hydrogen-bond donors (Lipinski definition) is 0. The van der Waals surface area contributed by atoms with Crippen molar-refractivity contribution in [2.75, 3.05) is 0 Å². The van der Waals surface area contributed by atoms with Crippen molar-refractivity contribution < 1.29 is 9.59 Å². The third-order valence-corrected chi connectivity index (χ3v) is 11.7.